The molecule has 0 aliphatic carbocycles. The summed E-state index contributed by atoms with van der Waals surface area (Å²) in [6, 6.07) is 0.379. The molecular formula is C14H30N4. The Balaban J connectivity index is 1.60. The van der Waals surface area contributed by atoms with Gasteiger partial charge in [0.25, 0.3) is 0 Å². The minimum atomic E-state index is 0.379. The quantitative estimate of drug-likeness (QED) is 0.782. The lowest BCUT2D eigenvalue weighted by Gasteiger charge is -2.37. The van der Waals surface area contributed by atoms with E-state index in [0.29, 0.717) is 6.04 Å². The normalized spacial score (nSPS) is 27.5. The molecule has 2 aliphatic rings. The van der Waals surface area contributed by atoms with Crippen molar-refractivity contribution in [1.82, 2.24) is 14.7 Å². The largest absolute Gasteiger partial charge is 0.328 e. The van der Waals surface area contributed by atoms with E-state index in [1.54, 1.807) is 0 Å². The van der Waals surface area contributed by atoms with Gasteiger partial charge in [0.05, 0.1) is 0 Å². The van der Waals surface area contributed by atoms with Gasteiger partial charge < -0.3 is 15.5 Å². The molecule has 106 valence electrons. The van der Waals surface area contributed by atoms with Crippen molar-refractivity contribution in [3.05, 3.63) is 0 Å². The molecule has 0 radical (unpaired) electrons. The van der Waals surface area contributed by atoms with E-state index in [2.05, 4.69) is 28.7 Å². The minimum Gasteiger partial charge on any atom is -0.328 e. The van der Waals surface area contributed by atoms with Crippen molar-refractivity contribution in [3.8, 4) is 0 Å². The van der Waals surface area contributed by atoms with Crippen molar-refractivity contribution < 1.29 is 0 Å². The predicted molar refractivity (Wildman–Crippen MR) is 76.8 cm³/mol. The molecule has 2 N–H and O–H groups in total. The molecule has 0 aromatic rings. The van der Waals surface area contributed by atoms with E-state index < -0.39 is 0 Å². The summed E-state index contributed by atoms with van der Waals surface area (Å²) < 4.78 is 0. The van der Waals surface area contributed by atoms with Gasteiger partial charge in [0.2, 0.25) is 0 Å². The Morgan fingerprint density at radius 2 is 1.44 bits per heavy atom. The fraction of sp³-hybridized carbons (Fsp3) is 1.00. The van der Waals surface area contributed by atoms with Gasteiger partial charge >= 0.3 is 0 Å². The van der Waals surface area contributed by atoms with Crippen LogP contribution in [0.25, 0.3) is 0 Å². The van der Waals surface area contributed by atoms with Crippen LogP contribution in [0.3, 0.4) is 0 Å². The lowest BCUT2D eigenvalue weighted by molar-refractivity contribution is 0.117. The first-order valence-corrected chi connectivity index (χ1v) is 7.54. The van der Waals surface area contributed by atoms with Crippen molar-refractivity contribution in [2.45, 2.75) is 25.8 Å². The SMILES string of the molecule is CC(N)C1CCN(CCN2CCN(C)CC2)CC1. The highest BCUT2D eigenvalue weighted by atomic mass is 15.3. The van der Waals surface area contributed by atoms with Crippen molar-refractivity contribution in [3.63, 3.8) is 0 Å². The van der Waals surface area contributed by atoms with Crippen molar-refractivity contribution >= 4 is 0 Å². The summed E-state index contributed by atoms with van der Waals surface area (Å²) in [6.45, 7) is 12.1. The summed E-state index contributed by atoms with van der Waals surface area (Å²) in [6.07, 6.45) is 2.58. The topological polar surface area (TPSA) is 35.7 Å². The molecule has 1 atom stereocenters. The van der Waals surface area contributed by atoms with Gasteiger partial charge in [-0.2, -0.15) is 0 Å². The highest BCUT2D eigenvalue weighted by Crippen LogP contribution is 2.19. The summed E-state index contributed by atoms with van der Waals surface area (Å²) in [7, 11) is 2.22. The predicted octanol–water partition coefficient (Wildman–Crippen LogP) is 0.293. The standard InChI is InChI=1S/C14H30N4/c1-13(15)14-3-5-17(6-4-14)11-12-18-9-7-16(2)8-10-18/h13-14H,3-12,15H2,1-2H3. The van der Waals surface area contributed by atoms with Gasteiger partial charge in [-0.15, -0.1) is 0 Å². The van der Waals surface area contributed by atoms with Gasteiger partial charge in [0, 0.05) is 45.3 Å². The maximum Gasteiger partial charge on any atom is 0.0110 e. The van der Waals surface area contributed by atoms with Gasteiger partial charge in [-0.3, -0.25) is 4.90 Å². The molecule has 0 spiro atoms. The number of hydrogen-bond donors (Lipinski definition) is 1. The number of rotatable bonds is 4. The molecule has 0 bridgehead atoms. The average Bonchev–Trinajstić information content (AvgIpc) is 2.38. The highest BCUT2D eigenvalue weighted by molar-refractivity contribution is 4.78. The van der Waals surface area contributed by atoms with E-state index in [1.165, 1.54) is 65.2 Å². The van der Waals surface area contributed by atoms with E-state index in [0.717, 1.165) is 5.92 Å². The van der Waals surface area contributed by atoms with Crippen LogP contribution in [0.4, 0.5) is 0 Å². The number of piperazine rings is 1. The lowest BCUT2D eigenvalue weighted by Crippen LogP contribution is -2.48. The average molecular weight is 254 g/mol. The molecule has 0 amide bonds. The monoisotopic (exact) mass is 254 g/mol. The molecule has 4 nitrogen and oxygen atoms in total. The molecule has 0 saturated carbocycles. The molecule has 2 heterocycles. The second kappa shape index (κ2) is 6.85. The number of likely N-dealkylation sites (tertiary alicyclic amines) is 1. The van der Waals surface area contributed by atoms with Crippen LogP contribution in [-0.2, 0) is 0 Å². The second-order valence-corrected chi connectivity index (χ2v) is 6.18. The summed E-state index contributed by atoms with van der Waals surface area (Å²) in [5.74, 6) is 0.755. The third-order valence-corrected chi connectivity index (χ3v) is 4.70. The van der Waals surface area contributed by atoms with Gasteiger partial charge in [0.1, 0.15) is 0 Å². The lowest BCUT2D eigenvalue weighted by atomic mass is 9.91. The fourth-order valence-corrected chi connectivity index (χ4v) is 3.06. The highest BCUT2D eigenvalue weighted by Gasteiger charge is 2.22. The first-order chi connectivity index (χ1) is 8.65. The number of piperidine rings is 1. The molecule has 0 aromatic carbocycles. The van der Waals surface area contributed by atoms with Crippen LogP contribution in [0.5, 0.6) is 0 Å². The number of nitrogens with zero attached hydrogens (tertiary/aromatic N) is 3. The molecule has 2 rings (SSSR count). The maximum atomic E-state index is 5.99. The van der Waals surface area contributed by atoms with E-state index >= 15 is 0 Å². The van der Waals surface area contributed by atoms with Gasteiger partial charge in [-0.25, -0.2) is 0 Å². The maximum absolute atomic E-state index is 5.99. The summed E-state index contributed by atoms with van der Waals surface area (Å²) >= 11 is 0. The van der Waals surface area contributed by atoms with Gasteiger partial charge in [0.15, 0.2) is 0 Å². The Labute approximate surface area is 112 Å². The zero-order valence-corrected chi connectivity index (χ0v) is 12.1. The Morgan fingerprint density at radius 3 is 1.94 bits per heavy atom. The van der Waals surface area contributed by atoms with Gasteiger partial charge in [-0.05, 0) is 45.8 Å². The smallest absolute Gasteiger partial charge is 0.0110 e. The minimum absolute atomic E-state index is 0.379. The van der Waals surface area contributed by atoms with Crippen LogP contribution in [-0.4, -0.2) is 80.1 Å². The Hall–Kier alpha value is -0.160. The first-order valence-electron chi connectivity index (χ1n) is 7.54. The van der Waals surface area contributed by atoms with E-state index in [4.69, 9.17) is 5.73 Å². The van der Waals surface area contributed by atoms with Crippen LogP contribution < -0.4 is 5.73 Å². The van der Waals surface area contributed by atoms with Crippen molar-refractivity contribution in [2.75, 3.05) is 59.4 Å². The molecule has 0 aromatic heterocycles. The summed E-state index contributed by atoms with van der Waals surface area (Å²) in [4.78, 5) is 7.65. The second-order valence-electron chi connectivity index (χ2n) is 6.18. The number of nitrogens with two attached hydrogens (primary N) is 1. The van der Waals surface area contributed by atoms with Crippen LogP contribution in [0, 0.1) is 5.92 Å². The third-order valence-electron chi connectivity index (χ3n) is 4.70. The fourth-order valence-electron chi connectivity index (χ4n) is 3.06. The third kappa shape index (κ3) is 4.19. The van der Waals surface area contributed by atoms with Crippen molar-refractivity contribution in [1.29, 1.82) is 0 Å². The molecule has 2 aliphatic heterocycles. The molecule has 18 heavy (non-hydrogen) atoms. The molecule has 4 heteroatoms. The van der Waals surface area contributed by atoms with E-state index in [-0.39, 0.29) is 0 Å². The molecule has 2 fully saturated rings. The Kier molecular flexibility index (Phi) is 5.42. The first kappa shape index (κ1) is 14.3. The van der Waals surface area contributed by atoms with Crippen molar-refractivity contribution in [2.24, 2.45) is 11.7 Å². The van der Waals surface area contributed by atoms with E-state index in [1.807, 2.05) is 0 Å². The van der Waals surface area contributed by atoms with Crippen LogP contribution in [0.1, 0.15) is 19.8 Å². The summed E-state index contributed by atoms with van der Waals surface area (Å²) in [5.41, 5.74) is 5.99. The van der Waals surface area contributed by atoms with Gasteiger partial charge in [-0.1, -0.05) is 0 Å². The van der Waals surface area contributed by atoms with Crippen LogP contribution >= 0.6 is 0 Å². The zero-order chi connectivity index (χ0) is 13.0. The zero-order valence-electron chi connectivity index (χ0n) is 12.1. The number of hydrogen-bond acceptors (Lipinski definition) is 4. The number of likely N-dealkylation sites (N-methyl/N-ethyl adjacent to an activating group) is 1. The molecule has 1 unspecified atom stereocenters. The van der Waals surface area contributed by atoms with Crippen LogP contribution in [0.15, 0.2) is 0 Å². The Bertz CT molecular complexity index is 228. The van der Waals surface area contributed by atoms with Crippen LogP contribution in [0.2, 0.25) is 0 Å². The molecule has 2 saturated heterocycles. The van der Waals surface area contributed by atoms with E-state index in [9.17, 15) is 0 Å². The summed E-state index contributed by atoms with van der Waals surface area (Å²) in [5, 5.41) is 0. The molecular weight excluding hydrogens is 224 g/mol. The Morgan fingerprint density at radius 1 is 0.944 bits per heavy atom.